The molecule has 0 unspecified atom stereocenters. The first-order chi connectivity index (χ1) is 30.7. The monoisotopic (exact) mass is 788 g/mol. The van der Waals surface area contributed by atoms with Gasteiger partial charge in [-0.05, 0) is 127 Å². The van der Waals surface area contributed by atoms with Gasteiger partial charge in [0.05, 0.1) is 16.7 Å². The third-order valence-corrected chi connectivity index (χ3v) is 12.5. The molecule has 0 aliphatic heterocycles. The van der Waals surface area contributed by atoms with Gasteiger partial charge in [-0.2, -0.15) is 0 Å². The number of para-hydroxylation sites is 1. The summed E-state index contributed by atoms with van der Waals surface area (Å²) in [4.78, 5) is 2.48. The summed E-state index contributed by atoms with van der Waals surface area (Å²) in [6, 6.07) is 88.7. The molecule has 11 aromatic carbocycles. The van der Waals surface area contributed by atoms with Gasteiger partial charge < -0.3 is 9.47 Å². The van der Waals surface area contributed by atoms with Crippen molar-refractivity contribution >= 4 is 71.2 Å². The smallest absolute Gasteiger partial charge is 0.0547 e. The molecule has 1 aromatic heterocycles. The fourth-order valence-corrected chi connectivity index (χ4v) is 9.64. The van der Waals surface area contributed by atoms with Crippen molar-refractivity contribution in [3.8, 4) is 39.1 Å². The number of hydrogen-bond acceptors (Lipinski definition) is 1. The Labute approximate surface area is 360 Å². The van der Waals surface area contributed by atoms with Crippen LogP contribution in [-0.4, -0.2) is 4.57 Å². The van der Waals surface area contributed by atoms with Crippen LogP contribution in [0.15, 0.2) is 243 Å². The van der Waals surface area contributed by atoms with Crippen LogP contribution in [-0.2, 0) is 0 Å². The van der Waals surface area contributed by atoms with E-state index in [-0.39, 0.29) is 0 Å². The lowest BCUT2D eigenvalue weighted by molar-refractivity contribution is 1.18. The molecule has 290 valence electrons. The van der Waals surface area contributed by atoms with E-state index in [0.29, 0.717) is 0 Å². The maximum absolute atomic E-state index is 2.48. The minimum atomic E-state index is 1.08. The van der Waals surface area contributed by atoms with Crippen LogP contribution in [0.3, 0.4) is 0 Å². The summed E-state index contributed by atoms with van der Waals surface area (Å²) in [7, 11) is 0. The molecule has 12 aromatic rings. The first-order valence-corrected chi connectivity index (χ1v) is 21.3. The second-order valence-electron chi connectivity index (χ2n) is 16.1. The van der Waals surface area contributed by atoms with E-state index in [1.807, 2.05) is 0 Å². The number of aromatic nitrogens is 1. The molecule has 0 aliphatic carbocycles. The molecule has 0 spiro atoms. The van der Waals surface area contributed by atoms with Crippen LogP contribution in [0, 0.1) is 0 Å². The van der Waals surface area contributed by atoms with Crippen molar-refractivity contribution in [2.45, 2.75) is 0 Å². The van der Waals surface area contributed by atoms with Crippen molar-refractivity contribution in [3.05, 3.63) is 243 Å². The summed E-state index contributed by atoms with van der Waals surface area (Å²) < 4.78 is 2.43. The fourth-order valence-electron chi connectivity index (χ4n) is 9.64. The van der Waals surface area contributed by atoms with E-state index < -0.39 is 0 Å². The van der Waals surface area contributed by atoms with Crippen molar-refractivity contribution in [2.75, 3.05) is 4.90 Å². The Kier molecular flexibility index (Phi) is 8.53. The lowest BCUT2D eigenvalue weighted by atomic mass is 9.95. The van der Waals surface area contributed by atoms with E-state index in [0.717, 1.165) is 28.3 Å². The van der Waals surface area contributed by atoms with E-state index in [1.54, 1.807) is 0 Å². The predicted octanol–water partition coefficient (Wildman–Crippen LogP) is 16.7. The zero-order valence-corrected chi connectivity index (χ0v) is 34.0. The summed E-state index contributed by atoms with van der Waals surface area (Å²) in [6.45, 7) is 0. The van der Waals surface area contributed by atoms with E-state index >= 15 is 0 Å². The highest BCUT2D eigenvalue weighted by Gasteiger charge is 2.22. The van der Waals surface area contributed by atoms with Crippen molar-refractivity contribution in [3.63, 3.8) is 0 Å². The minimum absolute atomic E-state index is 1.08. The SMILES string of the molecule is c1ccc(-c2cc(-c3ccccc3)cc(N(c3cccc(-c4cccc5c4c4cc6ccccc6cc4n5-c4ccccc4)c3)c3cc4ccccc4c4ccccc34)c2)cc1. The third kappa shape index (κ3) is 6.04. The maximum Gasteiger partial charge on any atom is 0.0547 e. The maximum atomic E-state index is 2.48. The van der Waals surface area contributed by atoms with Gasteiger partial charge in [0.25, 0.3) is 0 Å². The van der Waals surface area contributed by atoms with Gasteiger partial charge in [0, 0.05) is 33.2 Å². The van der Waals surface area contributed by atoms with Crippen molar-refractivity contribution in [2.24, 2.45) is 0 Å². The Bertz CT molecular complexity index is 3570. The molecular formula is C60H40N2. The van der Waals surface area contributed by atoms with Crippen LogP contribution >= 0.6 is 0 Å². The molecule has 62 heavy (non-hydrogen) atoms. The summed E-state index contributed by atoms with van der Waals surface area (Å²) in [5.41, 5.74) is 13.9. The van der Waals surface area contributed by atoms with Gasteiger partial charge in [-0.1, -0.05) is 176 Å². The first kappa shape index (κ1) is 35.7. The average Bonchev–Trinajstić information content (AvgIpc) is 3.67. The third-order valence-electron chi connectivity index (χ3n) is 12.5. The van der Waals surface area contributed by atoms with E-state index in [9.17, 15) is 0 Å². The summed E-state index contributed by atoms with van der Waals surface area (Å²) in [5, 5.41) is 9.83. The molecule has 0 atom stereocenters. The zero-order valence-electron chi connectivity index (χ0n) is 34.0. The molecule has 12 rings (SSSR count). The van der Waals surface area contributed by atoms with Gasteiger partial charge in [-0.25, -0.2) is 0 Å². The minimum Gasteiger partial charge on any atom is -0.310 e. The van der Waals surface area contributed by atoms with Crippen molar-refractivity contribution < 1.29 is 0 Å². The van der Waals surface area contributed by atoms with Crippen LogP contribution in [0.25, 0.3) is 93.2 Å². The topological polar surface area (TPSA) is 8.17 Å². The lowest BCUT2D eigenvalue weighted by Gasteiger charge is -2.29. The van der Waals surface area contributed by atoms with Crippen molar-refractivity contribution in [1.82, 2.24) is 4.57 Å². The Balaban J connectivity index is 1.14. The molecule has 0 radical (unpaired) electrons. The highest BCUT2D eigenvalue weighted by Crippen LogP contribution is 2.46. The number of nitrogens with zero attached hydrogens (tertiary/aromatic N) is 2. The molecular weight excluding hydrogens is 749 g/mol. The van der Waals surface area contributed by atoms with Crippen LogP contribution in [0.5, 0.6) is 0 Å². The Hall–Kier alpha value is -8.20. The van der Waals surface area contributed by atoms with Crippen LogP contribution < -0.4 is 4.90 Å². The largest absolute Gasteiger partial charge is 0.310 e. The zero-order chi connectivity index (χ0) is 41.0. The second kappa shape index (κ2) is 14.8. The first-order valence-electron chi connectivity index (χ1n) is 21.3. The summed E-state index contributed by atoms with van der Waals surface area (Å²) in [6.07, 6.45) is 0. The summed E-state index contributed by atoms with van der Waals surface area (Å²) >= 11 is 0. The molecule has 0 aliphatic rings. The summed E-state index contributed by atoms with van der Waals surface area (Å²) in [5.74, 6) is 0. The van der Waals surface area contributed by atoms with E-state index in [2.05, 4.69) is 252 Å². The molecule has 2 nitrogen and oxygen atoms in total. The molecule has 2 heteroatoms. The van der Waals surface area contributed by atoms with Gasteiger partial charge in [-0.15, -0.1) is 0 Å². The Morgan fingerprint density at radius 1 is 0.290 bits per heavy atom. The standard InChI is InChI=1S/C60H40N2/c1-4-18-41(19-5-1)47-34-48(42-20-6-2-7-21-42)37-51(36-47)61(58-40-46-24-12-13-29-52(46)54-30-14-15-31-55(54)58)50-28-16-25-45(35-50)53-32-17-33-57-60(53)56-38-43-22-10-11-23-44(43)39-59(56)62(57)49-26-8-3-9-27-49/h1-40H. The second-order valence-corrected chi connectivity index (χ2v) is 16.1. The predicted molar refractivity (Wildman–Crippen MR) is 264 cm³/mol. The molecule has 0 bridgehead atoms. The Morgan fingerprint density at radius 2 is 0.839 bits per heavy atom. The number of hydrogen-bond donors (Lipinski definition) is 0. The van der Waals surface area contributed by atoms with E-state index in [4.69, 9.17) is 0 Å². The van der Waals surface area contributed by atoms with E-state index in [1.165, 1.54) is 81.9 Å². The average molecular weight is 789 g/mol. The number of rotatable bonds is 7. The van der Waals surface area contributed by atoms with Crippen LogP contribution in [0.1, 0.15) is 0 Å². The van der Waals surface area contributed by atoms with Gasteiger partial charge in [0.2, 0.25) is 0 Å². The van der Waals surface area contributed by atoms with Crippen LogP contribution in [0.2, 0.25) is 0 Å². The van der Waals surface area contributed by atoms with Crippen molar-refractivity contribution in [1.29, 1.82) is 0 Å². The number of benzene rings is 11. The quantitative estimate of drug-likeness (QED) is 0.146. The molecule has 0 saturated heterocycles. The number of fused-ring (bicyclic) bond motifs is 7. The molecule has 0 N–H and O–H groups in total. The Morgan fingerprint density at radius 3 is 1.55 bits per heavy atom. The normalized spacial score (nSPS) is 11.5. The molecule has 0 fully saturated rings. The van der Waals surface area contributed by atoms with Gasteiger partial charge >= 0.3 is 0 Å². The van der Waals surface area contributed by atoms with Crippen LogP contribution in [0.4, 0.5) is 17.1 Å². The number of anilines is 3. The van der Waals surface area contributed by atoms with Gasteiger partial charge in [-0.3, -0.25) is 0 Å². The highest BCUT2D eigenvalue weighted by molar-refractivity contribution is 6.19. The molecule has 0 amide bonds. The fraction of sp³-hybridized carbons (Fsp3) is 0. The molecule has 0 saturated carbocycles. The highest BCUT2D eigenvalue weighted by atomic mass is 15.1. The molecule has 1 heterocycles. The van der Waals surface area contributed by atoms with Gasteiger partial charge in [0.1, 0.15) is 0 Å². The lowest BCUT2D eigenvalue weighted by Crippen LogP contribution is -2.11. The van der Waals surface area contributed by atoms with Gasteiger partial charge in [0.15, 0.2) is 0 Å².